The second-order valence-electron chi connectivity index (χ2n) is 5.43. The molecule has 1 aromatic rings. The first kappa shape index (κ1) is 17.0. The van der Waals surface area contributed by atoms with Gasteiger partial charge in [-0.3, -0.25) is 9.00 Å². The van der Waals surface area contributed by atoms with Gasteiger partial charge in [0.15, 0.2) is 6.04 Å². The number of halogens is 3. The van der Waals surface area contributed by atoms with Crippen LogP contribution in [0.25, 0.3) is 0 Å². The van der Waals surface area contributed by atoms with Gasteiger partial charge in [0.2, 0.25) is 5.91 Å². The molecular weight excluding hydrogens is 315 g/mol. The molecule has 22 heavy (non-hydrogen) atoms. The van der Waals surface area contributed by atoms with Crippen LogP contribution in [0.5, 0.6) is 0 Å². The number of nitrogens with zero attached hydrogens (tertiary/aromatic N) is 1. The Kier molecular flexibility index (Phi) is 5.26. The number of benzene rings is 1. The number of hydrogen-bond donors (Lipinski definition) is 0. The largest absolute Gasteiger partial charge is 0.413 e. The van der Waals surface area contributed by atoms with Gasteiger partial charge in [-0.1, -0.05) is 30.3 Å². The number of rotatable bonds is 3. The van der Waals surface area contributed by atoms with Crippen molar-refractivity contribution >= 4 is 16.7 Å². The summed E-state index contributed by atoms with van der Waals surface area (Å²) in [7, 11) is 0.246. The van der Waals surface area contributed by atoms with Gasteiger partial charge in [0.1, 0.15) is 0 Å². The highest BCUT2D eigenvalue weighted by atomic mass is 32.2. The van der Waals surface area contributed by atoms with E-state index in [4.69, 9.17) is 0 Å². The van der Waals surface area contributed by atoms with Crippen LogP contribution in [0.4, 0.5) is 13.2 Å². The monoisotopic (exact) mass is 333 g/mol. The third-order valence-corrected chi connectivity index (χ3v) is 5.28. The zero-order valence-electron chi connectivity index (χ0n) is 12.2. The second-order valence-corrected chi connectivity index (χ2v) is 7.12. The molecule has 1 heterocycles. The minimum atomic E-state index is -4.54. The fourth-order valence-corrected chi connectivity index (χ4v) is 4.02. The van der Waals surface area contributed by atoms with Gasteiger partial charge >= 0.3 is 6.18 Å². The van der Waals surface area contributed by atoms with Gasteiger partial charge in [-0.15, -0.1) is 0 Å². The lowest BCUT2D eigenvalue weighted by Crippen LogP contribution is -2.43. The number of carbonyl (C=O) groups excluding carboxylic acids is 1. The van der Waals surface area contributed by atoms with Gasteiger partial charge < -0.3 is 4.90 Å². The quantitative estimate of drug-likeness (QED) is 0.853. The maximum absolute atomic E-state index is 13.4. The Balaban J connectivity index is 2.21. The molecule has 1 atom stereocenters. The van der Waals surface area contributed by atoms with Crippen molar-refractivity contribution in [2.24, 2.45) is 5.92 Å². The van der Waals surface area contributed by atoms with Crippen molar-refractivity contribution in [3.8, 4) is 0 Å². The number of carbonyl (C=O) groups is 1. The van der Waals surface area contributed by atoms with E-state index in [9.17, 15) is 22.2 Å². The molecule has 2 rings (SSSR count). The Hall–Kier alpha value is -1.37. The smallest absolute Gasteiger partial charge is 0.330 e. The summed E-state index contributed by atoms with van der Waals surface area (Å²) < 4.78 is 51.5. The Morgan fingerprint density at radius 2 is 1.77 bits per heavy atom. The van der Waals surface area contributed by atoms with Crippen LogP contribution in [0.3, 0.4) is 0 Å². The zero-order chi connectivity index (χ0) is 16.3. The lowest BCUT2D eigenvalue weighted by Gasteiger charge is -2.33. The lowest BCUT2D eigenvalue weighted by atomic mass is 9.98. The van der Waals surface area contributed by atoms with E-state index in [-0.39, 0.29) is 5.56 Å². The standard InChI is InChI=1S/C15H18F3NO2S/c1-19(14(20)12-7-9-22(21)10-8-12)13(15(16,17)18)11-5-3-2-4-6-11/h2-6,12-13H,7-10H2,1H3. The van der Waals surface area contributed by atoms with Crippen LogP contribution in [0.1, 0.15) is 24.4 Å². The zero-order valence-corrected chi connectivity index (χ0v) is 13.0. The van der Waals surface area contributed by atoms with Crippen LogP contribution in [0.2, 0.25) is 0 Å². The van der Waals surface area contributed by atoms with Gasteiger partial charge in [-0.25, -0.2) is 0 Å². The fraction of sp³-hybridized carbons (Fsp3) is 0.533. The molecule has 1 unspecified atom stereocenters. The van der Waals surface area contributed by atoms with E-state index in [0.29, 0.717) is 24.3 Å². The summed E-state index contributed by atoms with van der Waals surface area (Å²) in [5.74, 6) is -0.238. The molecule has 1 fully saturated rings. The summed E-state index contributed by atoms with van der Waals surface area (Å²) in [6.45, 7) is 0. The third-order valence-electron chi connectivity index (χ3n) is 3.90. The number of hydrogen-bond acceptors (Lipinski definition) is 2. The molecule has 1 aromatic carbocycles. The highest BCUT2D eigenvalue weighted by Gasteiger charge is 2.46. The van der Waals surface area contributed by atoms with Gasteiger partial charge in [-0.2, -0.15) is 13.2 Å². The van der Waals surface area contributed by atoms with Crippen molar-refractivity contribution in [1.29, 1.82) is 0 Å². The van der Waals surface area contributed by atoms with Crippen LogP contribution in [-0.4, -0.2) is 39.7 Å². The molecule has 0 saturated carbocycles. The normalized spacial score (nSPS) is 23.8. The molecular formula is C15H18F3NO2S. The summed E-state index contributed by atoms with van der Waals surface area (Å²) in [6.07, 6.45) is -3.77. The molecule has 0 spiro atoms. The summed E-state index contributed by atoms with van der Waals surface area (Å²) in [5, 5.41) is 0. The molecule has 7 heteroatoms. The van der Waals surface area contributed by atoms with Gasteiger partial charge in [-0.05, 0) is 18.4 Å². The van der Waals surface area contributed by atoms with E-state index in [1.807, 2.05) is 0 Å². The molecule has 0 radical (unpaired) electrons. The number of amides is 1. The Morgan fingerprint density at radius 1 is 1.23 bits per heavy atom. The molecule has 1 aliphatic heterocycles. The van der Waals surface area contributed by atoms with Crippen LogP contribution < -0.4 is 0 Å². The topological polar surface area (TPSA) is 37.4 Å². The molecule has 0 N–H and O–H groups in total. The summed E-state index contributed by atoms with van der Waals surface area (Å²) in [5.41, 5.74) is 0.0465. The second kappa shape index (κ2) is 6.81. The van der Waals surface area contributed by atoms with Crippen LogP contribution in [-0.2, 0) is 15.6 Å². The molecule has 1 aliphatic rings. The van der Waals surface area contributed by atoms with Crippen molar-refractivity contribution in [2.45, 2.75) is 25.1 Å². The van der Waals surface area contributed by atoms with Crippen molar-refractivity contribution in [2.75, 3.05) is 18.6 Å². The van der Waals surface area contributed by atoms with Crippen LogP contribution in [0.15, 0.2) is 30.3 Å². The molecule has 1 amide bonds. The first-order valence-corrected chi connectivity index (χ1v) is 8.53. The SMILES string of the molecule is CN(C(=O)C1CCS(=O)CC1)C(c1ccccc1)C(F)(F)F. The molecule has 122 valence electrons. The van der Waals surface area contributed by atoms with E-state index >= 15 is 0 Å². The summed E-state index contributed by atoms with van der Waals surface area (Å²) >= 11 is 0. The van der Waals surface area contributed by atoms with Crippen LogP contribution in [0, 0.1) is 5.92 Å². The third kappa shape index (κ3) is 3.88. The molecule has 0 bridgehead atoms. The van der Waals surface area contributed by atoms with Crippen molar-refractivity contribution in [3.63, 3.8) is 0 Å². The minimum Gasteiger partial charge on any atom is -0.330 e. The molecule has 0 aromatic heterocycles. The predicted molar refractivity (Wildman–Crippen MR) is 78.6 cm³/mol. The summed E-state index contributed by atoms with van der Waals surface area (Å²) in [6, 6.07) is 5.48. The van der Waals surface area contributed by atoms with E-state index in [1.165, 1.54) is 31.3 Å². The first-order chi connectivity index (χ1) is 10.3. The maximum Gasteiger partial charge on any atom is 0.413 e. The Labute approximate surface area is 130 Å². The lowest BCUT2D eigenvalue weighted by molar-refractivity contribution is -0.190. The average Bonchev–Trinajstić information content (AvgIpc) is 2.47. The first-order valence-electron chi connectivity index (χ1n) is 7.04. The van der Waals surface area contributed by atoms with Gasteiger partial charge in [0.05, 0.1) is 0 Å². The predicted octanol–water partition coefficient (Wildman–Crippen LogP) is 2.91. The maximum atomic E-state index is 13.4. The van der Waals surface area contributed by atoms with Crippen molar-refractivity contribution in [1.82, 2.24) is 4.90 Å². The molecule has 1 saturated heterocycles. The number of alkyl halides is 3. The highest BCUT2D eigenvalue weighted by Crippen LogP contribution is 2.38. The van der Waals surface area contributed by atoms with Crippen molar-refractivity contribution < 1.29 is 22.2 Å². The van der Waals surface area contributed by atoms with Gasteiger partial charge in [0, 0.05) is 35.3 Å². The van der Waals surface area contributed by atoms with Gasteiger partial charge in [0.25, 0.3) is 0 Å². The van der Waals surface area contributed by atoms with Crippen molar-refractivity contribution in [3.05, 3.63) is 35.9 Å². The minimum absolute atomic E-state index is 0.0465. The van der Waals surface area contributed by atoms with Crippen LogP contribution >= 0.6 is 0 Å². The summed E-state index contributed by atoms with van der Waals surface area (Å²) in [4.78, 5) is 13.2. The van der Waals surface area contributed by atoms with E-state index in [0.717, 1.165) is 4.90 Å². The molecule has 3 nitrogen and oxygen atoms in total. The van der Waals surface area contributed by atoms with E-state index in [1.54, 1.807) is 6.07 Å². The van der Waals surface area contributed by atoms with E-state index < -0.39 is 34.8 Å². The average molecular weight is 333 g/mol. The fourth-order valence-electron chi connectivity index (χ4n) is 2.72. The van der Waals surface area contributed by atoms with E-state index in [2.05, 4.69) is 0 Å². The molecule has 0 aliphatic carbocycles. The Bertz CT molecular complexity index is 537. The Morgan fingerprint density at radius 3 is 2.27 bits per heavy atom. The highest BCUT2D eigenvalue weighted by molar-refractivity contribution is 7.85.